The van der Waals surface area contributed by atoms with E-state index in [1.807, 2.05) is 0 Å². The third kappa shape index (κ3) is 6.11. The van der Waals surface area contributed by atoms with Crippen LogP contribution in [0.2, 0.25) is 0 Å². The van der Waals surface area contributed by atoms with E-state index in [4.69, 9.17) is 15.0 Å². The van der Waals surface area contributed by atoms with Gasteiger partial charge in [-0.2, -0.15) is 8.42 Å². The Morgan fingerprint density at radius 3 is 2.39 bits per heavy atom. The van der Waals surface area contributed by atoms with Crippen LogP contribution in [-0.2, 0) is 14.6 Å². The maximum Gasteiger partial charge on any atom is 0.397 e. The largest absolute Gasteiger partial charge is 0.487 e. The molecule has 0 saturated heterocycles. The molecule has 1 unspecified atom stereocenters. The van der Waals surface area contributed by atoms with Gasteiger partial charge in [0, 0.05) is 19.0 Å². The van der Waals surface area contributed by atoms with Crippen LogP contribution in [0.25, 0.3) is 0 Å². The predicted octanol–water partition coefficient (Wildman–Crippen LogP) is 0.419. The molecule has 0 aromatic heterocycles. The molecule has 0 amide bonds. The van der Waals surface area contributed by atoms with Crippen molar-refractivity contribution < 1.29 is 31.7 Å². The fourth-order valence-corrected chi connectivity index (χ4v) is 2.08. The third-order valence-electron chi connectivity index (χ3n) is 2.57. The van der Waals surface area contributed by atoms with Gasteiger partial charge in [0.2, 0.25) is 0 Å². The number of hydrogen-bond donors (Lipinski definition) is 2. The molecule has 0 saturated carbocycles. The summed E-state index contributed by atoms with van der Waals surface area (Å²) in [5.41, 5.74) is 4.17. The zero-order chi connectivity index (χ0) is 17.6. The van der Waals surface area contributed by atoms with E-state index in [9.17, 15) is 28.6 Å². The quantitative estimate of drug-likeness (QED) is 0.358. The Bertz CT molecular complexity index is 691. The molecule has 0 fully saturated rings. The molecule has 1 aromatic rings. The van der Waals surface area contributed by atoms with Crippen molar-refractivity contribution in [3.05, 3.63) is 38.4 Å². The Kier molecular flexibility index (Phi) is 6.32. The smallest absolute Gasteiger partial charge is 0.397 e. The van der Waals surface area contributed by atoms with Gasteiger partial charge in [0.1, 0.15) is 0 Å². The van der Waals surface area contributed by atoms with Crippen LogP contribution in [0.4, 0.5) is 11.4 Å². The molecule has 1 rings (SSSR count). The lowest BCUT2D eigenvalue weighted by Crippen LogP contribution is -2.28. The number of rotatable bonds is 9. The lowest BCUT2D eigenvalue weighted by molar-refractivity contribution is -0.394. The Hall–Kier alpha value is -2.35. The first-order chi connectivity index (χ1) is 10.6. The van der Waals surface area contributed by atoms with Gasteiger partial charge in [0.25, 0.3) is 5.69 Å². The lowest BCUT2D eigenvalue weighted by atomic mass is 10.2. The van der Waals surface area contributed by atoms with Crippen molar-refractivity contribution in [2.24, 2.45) is 5.73 Å². The molecular weight excluding hydrogens is 338 g/mol. The third-order valence-corrected chi connectivity index (χ3v) is 3.08. The van der Waals surface area contributed by atoms with Gasteiger partial charge in [-0.05, 0) is 6.07 Å². The molecule has 13 heteroatoms. The Balaban J connectivity index is 2.77. The second kappa shape index (κ2) is 7.77. The highest BCUT2D eigenvalue weighted by Gasteiger charge is 2.21. The van der Waals surface area contributed by atoms with E-state index in [0.717, 1.165) is 18.2 Å². The van der Waals surface area contributed by atoms with E-state index in [1.54, 1.807) is 0 Å². The molecule has 0 aliphatic carbocycles. The monoisotopic (exact) mass is 351 g/mol. The first kappa shape index (κ1) is 18.7. The molecule has 0 spiro atoms. The number of benzene rings is 1. The van der Waals surface area contributed by atoms with Crippen molar-refractivity contribution in [2.75, 3.05) is 13.2 Å². The van der Waals surface area contributed by atoms with E-state index in [1.165, 1.54) is 0 Å². The molecule has 23 heavy (non-hydrogen) atoms. The number of hydrogen-bond acceptors (Lipinski definition) is 9. The van der Waals surface area contributed by atoms with Gasteiger partial charge in [-0.3, -0.25) is 24.8 Å². The number of non-ortho nitro benzene ring substituents is 1. The van der Waals surface area contributed by atoms with Gasteiger partial charge >= 0.3 is 16.1 Å². The van der Waals surface area contributed by atoms with Crippen molar-refractivity contribution in [3.63, 3.8) is 0 Å². The average Bonchev–Trinajstić information content (AvgIpc) is 2.44. The summed E-state index contributed by atoms with van der Waals surface area (Å²) in [6, 6.07) is 2.82. The maximum atomic E-state index is 10.9. The van der Waals surface area contributed by atoms with Gasteiger partial charge in [0.05, 0.1) is 28.6 Å². The van der Waals surface area contributed by atoms with E-state index < -0.39 is 37.7 Å². The van der Waals surface area contributed by atoms with E-state index in [0.29, 0.717) is 0 Å². The van der Waals surface area contributed by atoms with Crippen LogP contribution in [0, 0.1) is 20.2 Å². The van der Waals surface area contributed by atoms with Gasteiger partial charge < -0.3 is 10.5 Å². The summed E-state index contributed by atoms with van der Waals surface area (Å²) in [6.07, 6.45) is -1.17. The second-order valence-corrected chi connectivity index (χ2v) is 5.23. The van der Waals surface area contributed by atoms with Gasteiger partial charge in [-0.1, -0.05) is 0 Å². The molecule has 3 N–H and O–H groups in total. The summed E-state index contributed by atoms with van der Waals surface area (Å²) in [4.78, 5) is 19.8. The van der Waals surface area contributed by atoms with Crippen molar-refractivity contribution in [2.45, 2.75) is 12.5 Å². The summed E-state index contributed by atoms with van der Waals surface area (Å²) in [6.45, 7) is -0.471. The SMILES string of the molecule is NCC(CCOc1ccc([N+](=O)[O-])cc1[N+](=O)[O-])OS(=O)(=O)O. The van der Waals surface area contributed by atoms with Crippen LogP contribution in [0.3, 0.4) is 0 Å². The molecule has 12 nitrogen and oxygen atoms in total. The van der Waals surface area contributed by atoms with Crippen LogP contribution in [-0.4, -0.2) is 42.1 Å². The summed E-state index contributed by atoms with van der Waals surface area (Å²) in [5.74, 6) is -0.233. The van der Waals surface area contributed by atoms with Crippen LogP contribution in [0.15, 0.2) is 18.2 Å². The Morgan fingerprint density at radius 1 is 1.26 bits per heavy atom. The van der Waals surface area contributed by atoms with E-state index in [-0.39, 0.29) is 25.3 Å². The average molecular weight is 351 g/mol. The molecule has 0 aliphatic heterocycles. The summed E-state index contributed by atoms with van der Waals surface area (Å²) >= 11 is 0. The van der Waals surface area contributed by atoms with Crippen LogP contribution in [0.1, 0.15) is 6.42 Å². The minimum atomic E-state index is -4.69. The summed E-state index contributed by atoms with van der Waals surface area (Å²) in [7, 11) is -4.69. The number of nitro groups is 2. The molecule has 0 heterocycles. The zero-order valence-electron chi connectivity index (χ0n) is 11.5. The minimum Gasteiger partial charge on any atom is -0.487 e. The highest BCUT2D eigenvalue weighted by atomic mass is 32.3. The summed E-state index contributed by atoms with van der Waals surface area (Å²) in [5, 5.41) is 21.5. The van der Waals surface area contributed by atoms with Crippen molar-refractivity contribution in [1.29, 1.82) is 0 Å². The van der Waals surface area contributed by atoms with Crippen LogP contribution >= 0.6 is 0 Å². The fraction of sp³-hybridized carbons (Fsp3) is 0.400. The molecule has 0 bridgehead atoms. The number of ether oxygens (including phenoxy) is 1. The molecule has 1 atom stereocenters. The molecule has 0 aliphatic rings. The highest BCUT2D eigenvalue weighted by molar-refractivity contribution is 7.80. The normalized spacial score (nSPS) is 12.6. The fourth-order valence-electron chi connectivity index (χ4n) is 1.56. The first-order valence-corrected chi connectivity index (χ1v) is 7.42. The van der Waals surface area contributed by atoms with Gasteiger partial charge in [-0.15, -0.1) is 0 Å². The van der Waals surface area contributed by atoms with Crippen LogP contribution < -0.4 is 10.5 Å². The van der Waals surface area contributed by atoms with E-state index in [2.05, 4.69) is 4.18 Å². The van der Waals surface area contributed by atoms with Gasteiger partial charge in [0.15, 0.2) is 5.75 Å². The number of nitrogens with two attached hydrogens (primary N) is 1. The molecular formula is C10H13N3O9S. The first-order valence-electron chi connectivity index (χ1n) is 6.05. The minimum absolute atomic E-state index is 0.0928. The molecule has 128 valence electrons. The number of nitrogens with zero attached hydrogens (tertiary/aromatic N) is 2. The Labute approximate surface area is 130 Å². The standard InChI is InChI=1S/C10H13N3O9S/c11-6-8(22-23(18,19)20)3-4-21-10-2-1-7(12(14)15)5-9(10)13(16)17/h1-2,5,8H,3-4,6,11H2,(H,18,19,20). The number of nitro benzene ring substituents is 2. The van der Waals surface area contributed by atoms with Crippen molar-refractivity contribution in [3.8, 4) is 5.75 Å². The summed E-state index contributed by atoms with van der Waals surface area (Å²) < 4.78 is 39.0. The van der Waals surface area contributed by atoms with E-state index >= 15 is 0 Å². The van der Waals surface area contributed by atoms with Crippen LogP contribution in [0.5, 0.6) is 5.75 Å². The van der Waals surface area contributed by atoms with Crippen molar-refractivity contribution in [1.82, 2.24) is 0 Å². The highest BCUT2D eigenvalue weighted by Crippen LogP contribution is 2.31. The Morgan fingerprint density at radius 2 is 1.91 bits per heavy atom. The molecule has 0 radical (unpaired) electrons. The van der Waals surface area contributed by atoms with Gasteiger partial charge in [-0.25, -0.2) is 4.18 Å². The zero-order valence-corrected chi connectivity index (χ0v) is 12.3. The second-order valence-electron chi connectivity index (χ2n) is 4.19. The predicted molar refractivity (Wildman–Crippen MR) is 75.3 cm³/mol. The maximum absolute atomic E-state index is 10.9. The van der Waals surface area contributed by atoms with Crippen molar-refractivity contribution >= 4 is 21.8 Å². The topological polar surface area (TPSA) is 185 Å². The molecule has 1 aromatic carbocycles. The lowest BCUT2D eigenvalue weighted by Gasteiger charge is -2.13.